The molecule has 4 heteroatoms. The molecule has 1 N–H and O–H groups in total. The lowest BCUT2D eigenvalue weighted by molar-refractivity contribution is -0.138. The Labute approximate surface area is 157 Å². The summed E-state index contributed by atoms with van der Waals surface area (Å²) in [5.74, 6) is 0.309. The number of hydrogen-bond acceptors (Lipinski definition) is 3. The zero-order valence-corrected chi connectivity index (χ0v) is 16.0. The quantitative estimate of drug-likeness (QED) is 0.593. The molecule has 0 aliphatic heterocycles. The SMILES string of the molecule is Cc1cc(C)c(C)c(Oc2ccc(CC(C(=O)O)c3cccs3)cc2)c1. The molecule has 0 aliphatic rings. The fraction of sp³-hybridized carbons (Fsp3) is 0.227. The molecule has 3 nitrogen and oxygen atoms in total. The Morgan fingerprint density at radius 3 is 2.46 bits per heavy atom. The van der Waals surface area contributed by atoms with Gasteiger partial charge in [0.15, 0.2) is 0 Å². The van der Waals surface area contributed by atoms with Gasteiger partial charge in [0.1, 0.15) is 11.5 Å². The largest absolute Gasteiger partial charge is 0.481 e. The van der Waals surface area contributed by atoms with Crippen molar-refractivity contribution in [1.82, 2.24) is 0 Å². The van der Waals surface area contributed by atoms with Crippen LogP contribution in [0.4, 0.5) is 0 Å². The van der Waals surface area contributed by atoms with E-state index in [1.807, 2.05) is 47.8 Å². The van der Waals surface area contributed by atoms with Crippen LogP contribution in [-0.4, -0.2) is 11.1 Å². The maximum atomic E-state index is 11.6. The van der Waals surface area contributed by atoms with Crippen molar-refractivity contribution in [2.75, 3.05) is 0 Å². The Morgan fingerprint density at radius 2 is 1.85 bits per heavy atom. The molecule has 3 aromatic rings. The first-order valence-electron chi connectivity index (χ1n) is 8.55. The number of aryl methyl sites for hydroxylation is 2. The van der Waals surface area contributed by atoms with Crippen molar-refractivity contribution in [2.24, 2.45) is 0 Å². The monoisotopic (exact) mass is 366 g/mol. The van der Waals surface area contributed by atoms with Gasteiger partial charge in [-0.2, -0.15) is 0 Å². The molecule has 0 fully saturated rings. The van der Waals surface area contributed by atoms with E-state index in [0.29, 0.717) is 6.42 Å². The molecule has 0 bridgehead atoms. The molecule has 1 atom stereocenters. The van der Waals surface area contributed by atoms with Crippen LogP contribution >= 0.6 is 11.3 Å². The van der Waals surface area contributed by atoms with Crippen molar-refractivity contribution < 1.29 is 14.6 Å². The lowest BCUT2D eigenvalue weighted by atomic mass is 9.98. The Bertz CT molecular complexity index is 896. The van der Waals surface area contributed by atoms with Crippen molar-refractivity contribution in [3.8, 4) is 11.5 Å². The van der Waals surface area contributed by atoms with Crippen LogP contribution < -0.4 is 4.74 Å². The van der Waals surface area contributed by atoms with E-state index in [1.165, 1.54) is 22.5 Å². The van der Waals surface area contributed by atoms with Gasteiger partial charge in [0.05, 0.1) is 5.92 Å². The molecule has 0 aliphatic carbocycles. The molecule has 3 rings (SSSR count). The second-order valence-electron chi connectivity index (χ2n) is 6.56. The predicted octanol–water partition coefficient (Wildman–Crippen LogP) is 5.88. The second kappa shape index (κ2) is 7.75. The Morgan fingerprint density at radius 1 is 1.12 bits per heavy atom. The Balaban J connectivity index is 1.75. The van der Waals surface area contributed by atoms with Crippen LogP contribution in [0.5, 0.6) is 11.5 Å². The molecule has 134 valence electrons. The maximum Gasteiger partial charge on any atom is 0.312 e. The first-order valence-corrected chi connectivity index (χ1v) is 9.43. The standard InChI is InChI=1S/C22H22O3S/c1-14-11-15(2)16(3)20(12-14)25-18-8-6-17(7-9-18)13-19(22(23)24)21-5-4-10-26-21/h4-12,19H,13H2,1-3H3,(H,23,24). The van der Waals surface area contributed by atoms with Crippen LogP contribution in [0.15, 0.2) is 53.9 Å². The van der Waals surface area contributed by atoms with E-state index in [-0.39, 0.29) is 0 Å². The van der Waals surface area contributed by atoms with Crippen LogP contribution in [-0.2, 0) is 11.2 Å². The van der Waals surface area contributed by atoms with E-state index in [4.69, 9.17) is 4.74 Å². The molecular weight excluding hydrogens is 344 g/mol. The normalized spacial score (nSPS) is 12.0. The van der Waals surface area contributed by atoms with Gasteiger partial charge < -0.3 is 9.84 Å². The van der Waals surface area contributed by atoms with Gasteiger partial charge in [0.25, 0.3) is 0 Å². The topological polar surface area (TPSA) is 46.5 Å². The maximum absolute atomic E-state index is 11.6. The minimum absolute atomic E-state index is 0.471. The average Bonchev–Trinajstić information content (AvgIpc) is 3.12. The van der Waals surface area contributed by atoms with Gasteiger partial charge in [-0.3, -0.25) is 4.79 Å². The number of carbonyl (C=O) groups is 1. The summed E-state index contributed by atoms with van der Waals surface area (Å²) in [4.78, 5) is 12.5. The molecule has 0 spiro atoms. The lowest BCUT2D eigenvalue weighted by Gasteiger charge is -2.13. The molecule has 1 aromatic heterocycles. The predicted molar refractivity (Wildman–Crippen MR) is 106 cm³/mol. The van der Waals surface area contributed by atoms with Crippen molar-refractivity contribution in [3.63, 3.8) is 0 Å². The highest BCUT2D eigenvalue weighted by atomic mass is 32.1. The molecule has 0 amide bonds. The molecule has 0 saturated carbocycles. The minimum atomic E-state index is -0.793. The van der Waals surface area contributed by atoms with Gasteiger partial charge in [-0.15, -0.1) is 11.3 Å². The number of rotatable bonds is 6. The van der Waals surface area contributed by atoms with Crippen LogP contribution in [0.25, 0.3) is 0 Å². The summed E-state index contributed by atoms with van der Waals surface area (Å²) >= 11 is 1.48. The van der Waals surface area contributed by atoms with E-state index in [1.54, 1.807) is 0 Å². The van der Waals surface area contributed by atoms with E-state index in [9.17, 15) is 9.90 Å². The van der Waals surface area contributed by atoms with E-state index in [0.717, 1.165) is 27.5 Å². The summed E-state index contributed by atoms with van der Waals surface area (Å²) in [5, 5.41) is 11.4. The fourth-order valence-corrected chi connectivity index (χ4v) is 3.78. The lowest BCUT2D eigenvalue weighted by Crippen LogP contribution is -2.13. The number of carboxylic acid groups (broad SMARTS) is 1. The molecular formula is C22H22O3S. The zero-order valence-electron chi connectivity index (χ0n) is 15.2. The van der Waals surface area contributed by atoms with E-state index < -0.39 is 11.9 Å². The van der Waals surface area contributed by atoms with Gasteiger partial charge in [-0.05, 0) is 79.1 Å². The summed E-state index contributed by atoms with van der Waals surface area (Å²) in [5.41, 5.74) is 4.48. The number of carboxylic acids is 1. The van der Waals surface area contributed by atoms with Crippen molar-refractivity contribution in [1.29, 1.82) is 0 Å². The zero-order chi connectivity index (χ0) is 18.7. The summed E-state index contributed by atoms with van der Waals surface area (Å²) in [6, 6.07) is 15.6. The van der Waals surface area contributed by atoms with Gasteiger partial charge in [-0.1, -0.05) is 24.3 Å². The summed E-state index contributed by atoms with van der Waals surface area (Å²) < 4.78 is 6.04. The molecule has 2 aromatic carbocycles. The van der Waals surface area contributed by atoms with Crippen molar-refractivity contribution in [3.05, 3.63) is 81.0 Å². The average molecular weight is 366 g/mol. The first-order chi connectivity index (χ1) is 12.4. The van der Waals surface area contributed by atoms with Gasteiger partial charge >= 0.3 is 5.97 Å². The summed E-state index contributed by atoms with van der Waals surface area (Å²) in [7, 11) is 0. The molecule has 1 unspecified atom stereocenters. The van der Waals surface area contributed by atoms with Crippen molar-refractivity contribution >= 4 is 17.3 Å². The molecule has 1 heterocycles. The summed E-state index contributed by atoms with van der Waals surface area (Å²) in [6.45, 7) is 6.19. The molecule has 0 saturated heterocycles. The van der Waals surface area contributed by atoms with Gasteiger partial charge in [0, 0.05) is 4.88 Å². The second-order valence-corrected chi connectivity index (χ2v) is 7.54. The minimum Gasteiger partial charge on any atom is -0.481 e. The Hall–Kier alpha value is -2.59. The van der Waals surface area contributed by atoms with Crippen LogP contribution in [0.3, 0.4) is 0 Å². The van der Waals surface area contributed by atoms with Gasteiger partial charge in [0.2, 0.25) is 0 Å². The third-order valence-electron chi connectivity index (χ3n) is 4.54. The highest BCUT2D eigenvalue weighted by Gasteiger charge is 2.21. The third kappa shape index (κ3) is 4.14. The highest BCUT2D eigenvalue weighted by molar-refractivity contribution is 7.10. The smallest absolute Gasteiger partial charge is 0.312 e. The Kier molecular flexibility index (Phi) is 5.43. The highest BCUT2D eigenvalue weighted by Crippen LogP contribution is 2.30. The number of hydrogen-bond donors (Lipinski definition) is 1. The van der Waals surface area contributed by atoms with Crippen LogP contribution in [0.2, 0.25) is 0 Å². The van der Waals surface area contributed by atoms with E-state index >= 15 is 0 Å². The van der Waals surface area contributed by atoms with Crippen LogP contribution in [0.1, 0.15) is 33.0 Å². The summed E-state index contributed by atoms with van der Waals surface area (Å²) in [6.07, 6.45) is 0.471. The third-order valence-corrected chi connectivity index (χ3v) is 5.53. The van der Waals surface area contributed by atoms with E-state index in [2.05, 4.69) is 26.8 Å². The fourth-order valence-electron chi connectivity index (χ4n) is 2.96. The number of aliphatic carboxylic acids is 1. The number of benzene rings is 2. The first kappa shape index (κ1) is 18.2. The van der Waals surface area contributed by atoms with Crippen LogP contribution in [0, 0.1) is 20.8 Å². The van der Waals surface area contributed by atoms with Gasteiger partial charge in [-0.25, -0.2) is 0 Å². The number of ether oxygens (including phenoxy) is 1. The number of thiophene rings is 1. The molecule has 26 heavy (non-hydrogen) atoms. The molecule has 0 radical (unpaired) electrons. The van der Waals surface area contributed by atoms with Crippen molar-refractivity contribution in [2.45, 2.75) is 33.1 Å².